The molecule has 1 aliphatic rings. The van der Waals surface area contributed by atoms with Gasteiger partial charge in [-0.25, -0.2) is 9.18 Å². The highest BCUT2D eigenvalue weighted by Crippen LogP contribution is 2.16. The number of piperidine rings is 1. The standard InChI is InChI=1S/C14H18FNO3/c1-19-14(18)12-3-2-10(8-13(12)15)9-16-6-4-11(17)5-7-16/h2-3,8,11,17H,4-7,9H2,1H3. The van der Waals surface area contributed by atoms with Crippen LogP contribution in [0.2, 0.25) is 0 Å². The Morgan fingerprint density at radius 1 is 1.47 bits per heavy atom. The second-order valence-electron chi connectivity index (χ2n) is 4.81. The van der Waals surface area contributed by atoms with Gasteiger partial charge in [0, 0.05) is 19.6 Å². The molecule has 19 heavy (non-hydrogen) atoms. The number of aliphatic hydroxyl groups is 1. The molecule has 0 saturated carbocycles. The lowest BCUT2D eigenvalue weighted by Gasteiger charge is -2.29. The third-order valence-electron chi connectivity index (χ3n) is 3.40. The molecule has 1 heterocycles. The molecule has 0 bridgehead atoms. The van der Waals surface area contributed by atoms with E-state index in [2.05, 4.69) is 9.64 Å². The number of benzene rings is 1. The fourth-order valence-electron chi connectivity index (χ4n) is 2.27. The SMILES string of the molecule is COC(=O)c1ccc(CN2CCC(O)CC2)cc1F. The normalized spacial score (nSPS) is 17.4. The van der Waals surface area contributed by atoms with Gasteiger partial charge in [-0.2, -0.15) is 0 Å². The molecule has 0 aliphatic carbocycles. The molecule has 0 radical (unpaired) electrons. The molecule has 5 heteroatoms. The topological polar surface area (TPSA) is 49.8 Å². The minimum Gasteiger partial charge on any atom is -0.465 e. The van der Waals surface area contributed by atoms with Crippen LogP contribution in [0.4, 0.5) is 4.39 Å². The summed E-state index contributed by atoms with van der Waals surface area (Å²) in [7, 11) is 1.23. The number of hydrogen-bond acceptors (Lipinski definition) is 4. The Balaban J connectivity index is 2.02. The minimum absolute atomic E-state index is 0.0414. The van der Waals surface area contributed by atoms with Gasteiger partial charge in [0.05, 0.1) is 18.8 Å². The van der Waals surface area contributed by atoms with E-state index in [0.29, 0.717) is 6.54 Å². The first-order chi connectivity index (χ1) is 9.10. The maximum atomic E-state index is 13.7. The number of likely N-dealkylation sites (tertiary alicyclic amines) is 1. The van der Waals surface area contributed by atoms with Crippen LogP contribution in [0.3, 0.4) is 0 Å². The Bertz CT molecular complexity index is 456. The number of halogens is 1. The quantitative estimate of drug-likeness (QED) is 0.845. The fraction of sp³-hybridized carbons (Fsp3) is 0.500. The first kappa shape index (κ1) is 14.0. The number of nitrogens with zero attached hydrogens (tertiary/aromatic N) is 1. The van der Waals surface area contributed by atoms with E-state index in [9.17, 15) is 14.3 Å². The van der Waals surface area contributed by atoms with Crippen LogP contribution in [0.5, 0.6) is 0 Å². The molecule has 0 atom stereocenters. The average Bonchev–Trinajstić information content (AvgIpc) is 2.41. The lowest BCUT2D eigenvalue weighted by atomic mass is 10.1. The predicted octanol–water partition coefficient (Wildman–Crippen LogP) is 1.57. The summed E-state index contributed by atoms with van der Waals surface area (Å²) in [6.07, 6.45) is 1.29. The van der Waals surface area contributed by atoms with E-state index >= 15 is 0 Å². The van der Waals surface area contributed by atoms with Gasteiger partial charge in [-0.1, -0.05) is 6.07 Å². The Kier molecular flexibility index (Phi) is 4.50. The zero-order chi connectivity index (χ0) is 13.8. The molecule has 1 fully saturated rings. The molecular formula is C14H18FNO3. The molecule has 4 nitrogen and oxygen atoms in total. The number of carbonyl (C=O) groups is 1. The summed E-state index contributed by atoms with van der Waals surface area (Å²) in [6, 6.07) is 4.56. The van der Waals surface area contributed by atoms with Gasteiger partial charge in [-0.15, -0.1) is 0 Å². The molecule has 104 valence electrons. The summed E-state index contributed by atoms with van der Waals surface area (Å²) < 4.78 is 18.2. The molecule has 0 aromatic heterocycles. The Hall–Kier alpha value is -1.46. The molecule has 0 spiro atoms. The van der Waals surface area contributed by atoms with Crippen molar-refractivity contribution >= 4 is 5.97 Å². The van der Waals surface area contributed by atoms with E-state index in [1.165, 1.54) is 19.2 Å². The number of methoxy groups -OCH3 is 1. The van der Waals surface area contributed by atoms with Crippen LogP contribution >= 0.6 is 0 Å². The largest absolute Gasteiger partial charge is 0.465 e. The number of carbonyl (C=O) groups excluding carboxylic acids is 1. The van der Waals surface area contributed by atoms with Gasteiger partial charge in [0.1, 0.15) is 5.82 Å². The molecule has 1 saturated heterocycles. The molecule has 1 N–H and O–H groups in total. The monoisotopic (exact) mass is 267 g/mol. The summed E-state index contributed by atoms with van der Waals surface area (Å²) >= 11 is 0. The Morgan fingerprint density at radius 3 is 2.74 bits per heavy atom. The van der Waals surface area contributed by atoms with Crippen LogP contribution in [0.25, 0.3) is 0 Å². The van der Waals surface area contributed by atoms with Crippen molar-refractivity contribution < 1.29 is 19.0 Å². The van der Waals surface area contributed by atoms with Crippen LogP contribution in [0.15, 0.2) is 18.2 Å². The van der Waals surface area contributed by atoms with Crippen molar-refractivity contribution in [3.05, 3.63) is 35.1 Å². The number of rotatable bonds is 3. The van der Waals surface area contributed by atoms with E-state index < -0.39 is 11.8 Å². The average molecular weight is 267 g/mol. The van der Waals surface area contributed by atoms with E-state index in [-0.39, 0.29) is 11.7 Å². The predicted molar refractivity (Wildman–Crippen MR) is 68.3 cm³/mol. The van der Waals surface area contributed by atoms with Crippen molar-refractivity contribution in [3.8, 4) is 0 Å². The van der Waals surface area contributed by atoms with Crippen LogP contribution in [-0.4, -0.2) is 42.3 Å². The van der Waals surface area contributed by atoms with Crippen molar-refractivity contribution in [2.75, 3.05) is 20.2 Å². The van der Waals surface area contributed by atoms with Gasteiger partial charge in [0.25, 0.3) is 0 Å². The summed E-state index contributed by atoms with van der Waals surface area (Å²) in [5, 5.41) is 9.42. The maximum Gasteiger partial charge on any atom is 0.340 e. The molecule has 1 aromatic carbocycles. The highest BCUT2D eigenvalue weighted by molar-refractivity contribution is 5.89. The van der Waals surface area contributed by atoms with Gasteiger partial charge in [0.2, 0.25) is 0 Å². The Morgan fingerprint density at radius 2 is 2.16 bits per heavy atom. The maximum absolute atomic E-state index is 13.7. The Labute approximate surface area is 111 Å². The molecule has 0 unspecified atom stereocenters. The zero-order valence-electron chi connectivity index (χ0n) is 10.9. The summed E-state index contributed by atoms with van der Waals surface area (Å²) in [4.78, 5) is 13.4. The first-order valence-electron chi connectivity index (χ1n) is 6.37. The highest BCUT2D eigenvalue weighted by Gasteiger charge is 2.18. The van der Waals surface area contributed by atoms with Crippen molar-refractivity contribution in [2.24, 2.45) is 0 Å². The summed E-state index contributed by atoms with van der Waals surface area (Å²) in [6.45, 7) is 2.24. The van der Waals surface area contributed by atoms with Crippen molar-refractivity contribution in [1.82, 2.24) is 4.90 Å². The molecule has 1 aromatic rings. The third-order valence-corrected chi connectivity index (χ3v) is 3.40. The minimum atomic E-state index is -0.662. The fourth-order valence-corrected chi connectivity index (χ4v) is 2.27. The van der Waals surface area contributed by atoms with Gasteiger partial charge in [-0.05, 0) is 30.5 Å². The smallest absolute Gasteiger partial charge is 0.340 e. The third kappa shape index (κ3) is 3.52. The molecule has 1 aliphatic heterocycles. The zero-order valence-corrected chi connectivity index (χ0v) is 10.9. The van der Waals surface area contributed by atoms with Gasteiger partial charge in [-0.3, -0.25) is 4.90 Å². The summed E-state index contributed by atoms with van der Waals surface area (Å²) in [5.74, 6) is -1.22. The van der Waals surface area contributed by atoms with E-state index in [1.807, 2.05) is 0 Å². The number of hydrogen-bond donors (Lipinski definition) is 1. The highest BCUT2D eigenvalue weighted by atomic mass is 19.1. The van der Waals surface area contributed by atoms with Crippen molar-refractivity contribution in [1.29, 1.82) is 0 Å². The number of aliphatic hydroxyl groups excluding tert-OH is 1. The lowest BCUT2D eigenvalue weighted by Crippen LogP contribution is -2.35. The van der Waals surface area contributed by atoms with Gasteiger partial charge >= 0.3 is 5.97 Å². The van der Waals surface area contributed by atoms with Crippen LogP contribution in [0, 0.1) is 5.82 Å². The number of esters is 1. The second kappa shape index (κ2) is 6.12. The molecular weight excluding hydrogens is 249 g/mol. The molecule has 2 rings (SSSR count). The van der Waals surface area contributed by atoms with E-state index in [1.54, 1.807) is 6.07 Å². The number of ether oxygens (including phenoxy) is 1. The van der Waals surface area contributed by atoms with E-state index in [4.69, 9.17) is 0 Å². The van der Waals surface area contributed by atoms with Gasteiger partial charge in [0.15, 0.2) is 0 Å². The van der Waals surface area contributed by atoms with Crippen LogP contribution in [-0.2, 0) is 11.3 Å². The van der Waals surface area contributed by atoms with Crippen LogP contribution in [0.1, 0.15) is 28.8 Å². The summed E-state index contributed by atoms with van der Waals surface area (Å²) in [5.41, 5.74) is 0.779. The van der Waals surface area contributed by atoms with Gasteiger partial charge < -0.3 is 9.84 Å². The first-order valence-corrected chi connectivity index (χ1v) is 6.37. The lowest BCUT2D eigenvalue weighted by molar-refractivity contribution is 0.0595. The van der Waals surface area contributed by atoms with E-state index in [0.717, 1.165) is 31.5 Å². The van der Waals surface area contributed by atoms with Crippen LogP contribution < -0.4 is 0 Å². The van der Waals surface area contributed by atoms with Crippen molar-refractivity contribution in [2.45, 2.75) is 25.5 Å². The second-order valence-corrected chi connectivity index (χ2v) is 4.81. The molecule has 0 amide bonds. The van der Waals surface area contributed by atoms with Crippen molar-refractivity contribution in [3.63, 3.8) is 0 Å².